The molecule has 27 heavy (non-hydrogen) atoms. The van der Waals surface area contributed by atoms with Gasteiger partial charge in [0.25, 0.3) is 0 Å². The average Bonchev–Trinajstić information content (AvgIpc) is 3.32. The highest BCUT2D eigenvalue weighted by atomic mass is 32.1. The Hall–Kier alpha value is -2.78. The summed E-state index contributed by atoms with van der Waals surface area (Å²) in [6.07, 6.45) is 1.95. The van der Waals surface area contributed by atoms with Crippen LogP contribution in [0.15, 0.2) is 34.6 Å². The number of hydrogen-bond acceptors (Lipinski definition) is 6. The number of thiophene rings is 1. The van der Waals surface area contributed by atoms with E-state index >= 15 is 0 Å². The molecule has 3 aromatic rings. The van der Waals surface area contributed by atoms with E-state index in [1.807, 2.05) is 16.3 Å². The molecule has 1 atom stereocenters. The molecule has 7 nitrogen and oxygen atoms in total. The van der Waals surface area contributed by atoms with E-state index in [0.717, 1.165) is 25.2 Å². The number of rotatable bonds is 5. The first kappa shape index (κ1) is 17.6. The highest BCUT2D eigenvalue weighted by Gasteiger charge is 2.26. The van der Waals surface area contributed by atoms with Crippen molar-refractivity contribution in [2.75, 3.05) is 18.0 Å². The first-order valence-electron chi connectivity index (χ1n) is 8.49. The highest BCUT2D eigenvalue weighted by molar-refractivity contribution is 7.09. The van der Waals surface area contributed by atoms with Gasteiger partial charge in [-0.15, -0.1) is 11.3 Å². The van der Waals surface area contributed by atoms with Crippen molar-refractivity contribution in [3.63, 3.8) is 0 Å². The number of carboxylic acids is 1. The fourth-order valence-electron chi connectivity index (χ4n) is 3.27. The lowest BCUT2D eigenvalue weighted by atomic mass is 10.2. The molecule has 1 aliphatic rings. The summed E-state index contributed by atoms with van der Waals surface area (Å²) in [6, 6.07) is 5.36. The summed E-state index contributed by atoms with van der Waals surface area (Å²) in [5, 5.41) is 14.4. The minimum atomic E-state index is -1.36. The van der Waals surface area contributed by atoms with Gasteiger partial charge in [0, 0.05) is 36.8 Å². The summed E-state index contributed by atoms with van der Waals surface area (Å²) in [4.78, 5) is 33.2. The average molecular weight is 388 g/mol. The molecule has 9 heteroatoms. The minimum absolute atomic E-state index is 0.0669. The number of aromatic carboxylic acids is 1. The largest absolute Gasteiger partial charge is 0.477 e. The molecule has 1 unspecified atom stereocenters. The predicted molar refractivity (Wildman–Crippen MR) is 101 cm³/mol. The Morgan fingerprint density at radius 1 is 1.52 bits per heavy atom. The van der Waals surface area contributed by atoms with E-state index in [4.69, 9.17) is 5.11 Å². The molecule has 4 heterocycles. The Balaban J connectivity index is 1.55. The maximum atomic E-state index is 14.6. The molecule has 140 valence electrons. The fourth-order valence-corrected chi connectivity index (χ4v) is 3.93. The van der Waals surface area contributed by atoms with Crippen molar-refractivity contribution >= 4 is 34.2 Å². The number of fused-ring (bicyclic) bond motifs is 1. The molecule has 0 radical (unpaired) electrons. The van der Waals surface area contributed by atoms with Crippen molar-refractivity contribution in [2.45, 2.75) is 19.0 Å². The number of H-pyrrole nitrogens is 1. The van der Waals surface area contributed by atoms with E-state index in [1.165, 1.54) is 4.88 Å². The second-order valence-corrected chi connectivity index (χ2v) is 7.45. The van der Waals surface area contributed by atoms with Gasteiger partial charge >= 0.3 is 5.97 Å². The number of hydrogen-bond donors (Lipinski definition) is 3. The van der Waals surface area contributed by atoms with Gasteiger partial charge in [-0.1, -0.05) is 6.07 Å². The van der Waals surface area contributed by atoms with Gasteiger partial charge in [0.1, 0.15) is 11.2 Å². The molecule has 3 aromatic heterocycles. The summed E-state index contributed by atoms with van der Waals surface area (Å²) >= 11 is 1.69. The van der Waals surface area contributed by atoms with Crippen LogP contribution in [-0.4, -0.2) is 40.2 Å². The summed E-state index contributed by atoms with van der Waals surface area (Å²) in [5.74, 6) is -1.82. The van der Waals surface area contributed by atoms with E-state index in [2.05, 4.69) is 21.4 Å². The standard InChI is InChI=1S/C18H17FN4O3S/c19-14-6-12-15(24)13(18(25)26)8-21-16(12)22-17(14)23-4-3-10(9-23)20-7-11-2-1-5-27-11/h1-2,5-6,8,10,20H,3-4,7,9H2,(H,25,26)(H,21,22,24). The number of anilines is 1. The van der Waals surface area contributed by atoms with E-state index in [1.54, 1.807) is 11.3 Å². The van der Waals surface area contributed by atoms with Crippen LogP contribution >= 0.6 is 11.3 Å². The van der Waals surface area contributed by atoms with Gasteiger partial charge in [0.2, 0.25) is 5.43 Å². The van der Waals surface area contributed by atoms with Crippen LogP contribution in [0.3, 0.4) is 0 Å². The van der Waals surface area contributed by atoms with Gasteiger partial charge in [0.15, 0.2) is 11.6 Å². The van der Waals surface area contributed by atoms with E-state index < -0.39 is 22.8 Å². The van der Waals surface area contributed by atoms with Gasteiger partial charge in [-0.25, -0.2) is 14.2 Å². The lowest BCUT2D eigenvalue weighted by Crippen LogP contribution is -2.32. The molecule has 0 saturated carbocycles. The first-order chi connectivity index (χ1) is 13.0. The molecule has 1 saturated heterocycles. The minimum Gasteiger partial charge on any atom is -0.477 e. The third-order valence-corrected chi connectivity index (χ3v) is 5.54. The molecule has 0 amide bonds. The zero-order valence-corrected chi connectivity index (χ0v) is 15.1. The third kappa shape index (κ3) is 3.43. The number of pyridine rings is 2. The zero-order valence-electron chi connectivity index (χ0n) is 14.2. The maximum absolute atomic E-state index is 14.6. The van der Waals surface area contributed by atoms with Crippen LogP contribution in [0.25, 0.3) is 11.0 Å². The van der Waals surface area contributed by atoms with Crippen molar-refractivity contribution in [3.8, 4) is 0 Å². The molecule has 0 aliphatic carbocycles. The van der Waals surface area contributed by atoms with Crippen LogP contribution in [-0.2, 0) is 6.54 Å². The molecule has 3 N–H and O–H groups in total. The highest BCUT2D eigenvalue weighted by Crippen LogP contribution is 2.24. The molecule has 4 rings (SSSR count). The molecule has 1 aliphatic heterocycles. The van der Waals surface area contributed by atoms with Crippen LogP contribution in [0.1, 0.15) is 21.7 Å². The van der Waals surface area contributed by atoms with Crippen molar-refractivity contribution in [1.82, 2.24) is 15.3 Å². The number of aromatic amines is 1. The van der Waals surface area contributed by atoms with Gasteiger partial charge in [0.05, 0.1) is 5.39 Å². The quantitative estimate of drug-likeness (QED) is 0.620. The van der Waals surface area contributed by atoms with Crippen LogP contribution in [0.4, 0.5) is 10.2 Å². The molecule has 0 aromatic carbocycles. The summed E-state index contributed by atoms with van der Waals surface area (Å²) in [5.41, 5.74) is -1.00. The number of nitrogens with one attached hydrogen (secondary N) is 2. The van der Waals surface area contributed by atoms with Crippen LogP contribution in [0, 0.1) is 5.82 Å². The molecule has 1 fully saturated rings. The Kier molecular flexibility index (Phi) is 4.63. The maximum Gasteiger partial charge on any atom is 0.341 e. The van der Waals surface area contributed by atoms with Gasteiger partial charge in [-0.2, -0.15) is 0 Å². The molecular weight excluding hydrogens is 371 g/mol. The smallest absolute Gasteiger partial charge is 0.341 e. The number of halogens is 1. The Morgan fingerprint density at radius 2 is 2.37 bits per heavy atom. The third-order valence-electron chi connectivity index (χ3n) is 4.66. The number of aromatic nitrogens is 2. The molecular formula is C18H17FN4O3S. The Bertz CT molecular complexity index is 1050. The summed E-state index contributed by atoms with van der Waals surface area (Å²) in [6.45, 7) is 2.03. The lowest BCUT2D eigenvalue weighted by molar-refractivity contribution is 0.0695. The Morgan fingerprint density at radius 3 is 3.11 bits per heavy atom. The van der Waals surface area contributed by atoms with Gasteiger partial charge < -0.3 is 20.3 Å². The lowest BCUT2D eigenvalue weighted by Gasteiger charge is -2.19. The van der Waals surface area contributed by atoms with Crippen LogP contribution in [0.5, 0.6) is 0 Å². The van der Waals surface area contributed by atoms with Gasteiger partial charge in [-0.3, -0.25) is 4.79 Å². The van der Waals surface area contributed by atoms with E-state index in [0.29, 0.717) is 13.1 Å². The zero-order chi connectivity index (χ0) is 19.0. The Labute approximate surface area is 157 Å². The monoisotopic (exact) mass is 388 g/mol. The van der Waals surface area contributed by atoms with Crippen molar-refractivity contribution in [1.29, 1.82) is 0 Å². The summed E-state index contributed by atoms with van der Waals surface area (Å²) in [7, 11) is 0. The summed E-state index contributed by atoms with van der Waals surface area (Å²) < 4.78 is 14.6. The molecule has 0 bridgehead atoms. The van der Waals surface area contributed by atoms with Gasteiger partial charge in [-0.05, 0) is 23.9 Å². The molecule has 0 spiro atoms. The topological polar surface area (TPSA) is 98.3 Å². The SMILES string of the molecule is O=C(O)c1c[nH]c2nc(N3CCC(NCc4cccs4)C3)c(F)cc2c1=O. The number of carbonyl (C=O) groups is 1. The number of nitrogens with zero attached hydrogens (tertiary/aromatic N) is 2. The van der Waals surface area contributed by atoms with Crippen LogP contribution < -0.4 is 15.6 Å². The predicted octanol–water partition coefficient (Wildman–Crippen LogP) is 2.19. The second-order valence-electron chi connectivity index (χ2n) is 6.42. The van der Waals surface area contributed by atoms with E-state index in [9.17, 15) is 14.0 Å². The van der Waals surface area contributed by atoms with Crippen molar-refractivity contribution < 1.29 is 14.3 Å². The van der Waals surface area contributed by atoms with Crippen molar-refractivity contribution in [2.24, 2.45) is 0 Å². The van der Waals surface area contributed by atoms with E-state index in [-0.39, 0.29) is 22.9 Å². The van der Waals surface area contributed by atoms with Crippen molar-refractivity contribution in [3.05, 3.63) is 56.3 Å². The van der Waals surface area contributed by atoms with Crippen LogP contribution in [0.2, 0.25) is 0 Å². The normalized spacial score (nSPS) is 16.9. The second kappa shape index (κ2) is 7.09. The number of carboxylic acid groups (broad SMARTS) is 1. The first-order valence-corrected chi connectivity index (χ1v) is 9.37. The fraction of sp³-hybridized carbons (Fsp3) is 0.278.